The molecule has 1 fully saturated rings. The Hall–Kier alpha value is -0.920. The fraction of sp³-hybridized carbons (Fsp3) is 0.455. The fourth-order valence-electron chi connectivity index (χ4n) is 2.34. The van der Waals surface area contributed by atoms with Crippen LogP contribution in [0.15, 0.2) is 11.4 Å². The van der Waals surface area contributed by atoms with Crippen LogP contribution < -0.4 is 4.90 Å². The van der Waals surface area contributed by atoms with Crippen molar-refractivity contribution in [3.05, 3.63) is 16.7 Å². The number of thiophene rings is 1. The molecule has 1 atom stereocenters. The molecule has 3 rings (SSSR count). The number of nitrogens with zero attached hydrogens (tertiary/aromatic N) is 3. The van der Waals surface area contributed by atoms with E-state index >= 15 is 0 Å². The first-order valence-corrected chi connectivity index (χ1v) is 8.88. The Bertz CT molecular complexity index is 729. The van der Waals surface area contributed by atoms with E-state index in [4.69, 9.17) is 11.6 Å². The van der Waals surface area contributed by atoms with Gasteiger partial charge in [-0.05, 0) is 29.5 Å². The predicted molar refractivity (Wildman–Crippen MR) is 77.9 cm³/mol. The van der Waals surface area contributed by atoms with Crippen LogP contribution in [0.2, 0.25) is 5.28 Å². The van der Waals surface area contributed by atoms with Crippen LogP contribution in [0.3, 0.4) is 0 Å². The zero-order valence-electron chi connectivity index (χ0n) is 10.2. The van der Waals surface area contributed by atoms with Gasteiger partial charge in [0, 0.05) is 13.1 Å². The first kappa shape index (κ1) is 13.1. The summed E-state index contributed by atoms with van der Waals surface area (Å²) in [5.41, 5.74) is 0. The summed E-state index contributed by atoms with van der Waals surface area (Å²) in [7, 11) is -1.05. The molecule has 0 saturated carbocycles. The van der Waals surface area contributed by atoms with E-state index in [-0.39, 0.29) is 22.8 Å². The quantitative estimate of drug-likeness (QED) is 0.792. The van der Waals surface area contributed by atoms with E-state index in [9.17, 15) is 8.42 Å². The van der Waals surface area contributed by atoms with Crippen LogP contribution in [0.25, 0.3) is 10.2 Å². The van der Waals surface area contributed by atoms with Gasteiger partial charge in [0.2, 0.25) is 5.28 Å². The molecule has 0 N–H and O–H groups in total. The number of halogens is 1. The molecule has 102 valence electrons. The van der Waals surface area contributed by atoms with E-state index in [2.05, 4.69) is 9.97 Å². The number of fused-ring (bicyclic) bond motifs is 1. The van der Waals surface area contributed by atoms with Gasteiger partial charge in [0.05, 0.1) is 16.9 Å². The molecule has 1 aliphatic rings. The van der Waals surface area contributed by atoms with Crippen molar-refractivity contribution in [3.8, 4) is 0 Å². The molecule has 0 radical (unpaired) electrons. The van der Waals surface area contributed by atoms with Crippen LogP contribution in [-0.4, -0.2) is 43.0 Å². The minimum atomic E-state index is -2.91. The molecular formula is C11H12ClN3O2S2. The van der Waals surface area contributed by atoms with Crippen molar-refractivity contribution in [2.75, 3.05) is 23.5 Å². The first-order valence-electron chi connectivity index (χ1n) is 5.80. The average molecular weight is 318 g/mol. The number of sulfone groups is 1. The van der Waals surface area contributed by atoms with Crippen LogP contribution in [0.4, 0.5) is 5.82 Å². The number of aromatic nitrogens is 2. The van der Waals surface area contributed by atoms with Gasteiger partial charge in [0.15, 0.2) is 9.84 Å². The molecule has 5 nitrogen and oxygen atoms in total. The van der Waals surface area contributed by atoms with E-state index in [1.54, 1.807) is 0 Å². The zero-order chi connectivity index (χ0) is 13.6. The van der Waals surface area contributed by atoms with E-state index in [1.807, 2.05) is 23.4 Å². The van der Waals surface area contributed by atoms with Crippen molar-refractivity contribution in [3.63, 3.8) is 0 Å². The highest BCUT2D eigenvalue weighted by atomic mass is 35.5. The van der Waals surface area contributed by atoms with E-state index in [0.29, 0.717) is 12.2 Å². The lowest BCUT2D eigenvalue weighted by Gasteiger charge is -2.25. The monoisotopic (exact) mass is 317 g/mol. The number of rotatable bonds is 2. The molecule has 3 heterocycles. The molecule has 2 aromatic rings. The van der Waals surface area contributed by atoms with Crippen LogP contribution in [-0.2, 0) is 9.84 Å². The third-order valence-electron chi connectivity index (χ3n) is 3.37. The summed E-state index contributed by atoms with van der Waals surface area (Å²) < 4.78 is 23.1. The summed E-state index contributed by atoms with van der Waals surface area (Å²) in [6.07, 6.45) is 0.631. The summed E-state index contributed by atoms with van der Waals surface area (Å²) in [4.78, 5) is 11.2. The maximum absolute atomic E-state index is 11.6. The SMILES string of the molecule is CN(c1nc(Cl)nc2sccc12)C1CCS(=O)(=O)C1. The molecule has 1 aliphatic heterocycles. The van der Waals surface area contributed by atoms with Gasteiger partial charge >= 0.3 is 0 Å². The van der Waals surface area contributed by atoms with E-state index in [0.717, 1.165) is 10.2 Å². The second kappa shape index (κ2) is 4.57. The van der Waals surface area contributed by atoms with E-state index < -0.39 is 9.84 Å². The van der Waals surface area contributed by atoms with Gasteiger partial charge in [-0.1, -0.05) is 0 Å². The molecule has 8 heteroatoms. The maximum Gasteiger partial charge on any atom is 0.225 e. The largest absolute Gasteiger partial charge is 0.355 e. The smallest absolute Gasteiger partial charge is 0.225 e. The van der Waals surface area contributed by atoms with Crippen LogP contribution in [0.1, 0.15) is 6.42 Å². The molecule has 0 spiro atoms. The molecular weight excluding hydrogens is 306 g/mol. The maximum atomic E-state index is 11.6. The standard InChI is InChI=1S/C11H12ClN3O2S2/c1-15(7-3-5-19(16,17)6-7)9-8-2-4-18-10(8)14-11(12)13-9/h2,4,7H,3,5-6H2,1H3. The Morgan fingerprint density at radius 2 is 2.26 bits per heavy atom. The molecule has 0 bridgehead atoms. The normalized spacial score (nSPS) is 21.9. The Morgan fingerprint density at radius 3 is 2.95 bits per heavy atom. The first-order chi connectivity index (χ1) is 8.96. The van der Waals surface area contributed by atoms with Gasteiger partial charge in [-0.15, -0.1) is 11.3 Å². The Kier molecular flexibility index (Phi) is 3.15. The Balaban J connectivity index is 2.02. The fourth-order valence-corrected chi connectivity index (χ4v) is 5.08. The summed E-state index contributed by atoms with van der Waals surface area (Å²) in [6, 6.07) is 1.89. The lowest BCUT2D eigenvalue weighted by Crippen LogP contribution is -2.33. The van der Waals surface area contributed by atoms with Gasteiger partial charge in [0.25, 0.3) is 0 Å². The lowest BCUT2D eigenvalue weighted by atomic mass is 10.2. The molecule has 0 amide bonds. The third kappa shape index (κ3) is 2.42. The van der Waals surface area contributed by atoms with Crippen LogP contribution in [0, 0.1) is 0 Å². The van der Waals surface area contributed by atoms with Gasteiger partial charge in [0.1, 0.15) is 10.6 Å². The Morgan fingerprint density at radius 1 is 1.47 bits per heavy atom. The molecule has 0 aliphatic carbocycles. The van der Waals surface area contributed by atoms with Gasteiger partial charge in [-0.2, -0.15) is 4.98 Å². The average Bonchev–Trinajstić information content (AvgIpc) is 2.93. The molecule has 1 unspecified atom stereocenters. The molecule has 0 aromatic carbocycles. The van der Waals surface area contributed by atoms with Crippen LogP contribution in [0.5, 0.6) is 0 Å². The van der Waals surface area contributed by atoms with Crippen molar-refractivity contribution in [2.24, 2.45) is 0 Å². The van der Waals surface area contributed by atoms with E-state index in [1.165, 1.54) is 11.3 Å². The summed E-state index contributed by atoms with van der Waals surface area (Å²) >= 11 is 7.42. The molecule has 19 heavy (non-hydrogen) atoms. The summed E-state index contributed by atoms with van der Waals surface area (Å²) in [5.74, 6) is 1.13. The lowest BCUT2D eigenvalue weighted by molar-refractivity contribution is 0.600. The highest BCUT2D eigenvalue weighted by Crippen LogP contribution is 2.31. The number of anilines is 1. The van der Waals surface area contributed by atoms with Crippen molar-refractivity contribution in [1.82, 2.24) is 9.97 Å². The van der Waals surface area contributed by atoms with Gasteiger partial charge in [-0.25, -0.2) is 13.4 Å². The van der Waals surface area contributed by atoms with Crippen molar-refractivity contribution in [2.45, 2.75) is 12.5 Å². The topological polar surface area (TPSA) is 63.2 Å². The van der Waals surface area contributed by atoms with Gasteiger partial charge in [-0.3, -0.25) is 0 Å². The summed E-state index contributed by atoms with van der Waals surface area (Å²) in [6.45, 7) is 0. The second-order valence-electron chi connectivity index (χ2n) is 4.62. The molecule has 1 saturated heterocycles. The highest BCUT2D eigenvalue weighted by molar-refractivity contribution is 7.91. The van der Waals surface area contributed by atoms with Gasteiger partial charge < -0.3 is 4.90 Å². The number of hydrogen-bond acceptors (Lipinski definition) is 6. The van der Waals surface area contributed by atoms with Crippen LogP contribution >= 0.6 is 22.9 Å². The molecule has 2 aromatic heterocycles. The summed E-state index contributed by atoms with van der Waals surface area (Å²) in [5, 5.41) is 3.04. The Labute approximate surface area is 120 Å². The van der Waals surface area contributed by atoms with Crippen molar-refractivity contribution >= 4 is 48.8 Å². The minimum Gasteiger partial charge on any atom is -0.355 e. The minimum absolute atomic E-state index is 0.0425. The zero-order valence-corrected chi connectivity index (χ0v) is 12.6. The third-order valence-corrected chi connectivity index (χ3v) is 6.09. The highest BCUT2D eigenvalue weighted by Gasteiger charge is 2.32. The second-order valence-corrected chi connectivity index (χ2v) is 8.08. The van der Waals surface area contributed by atoms with Crippen molar-refractivity contribution < 1.29 is 8.42 Å². The van der Waals surface area contributed by atoms with Crippen molar-refractivity contribution in [1.29, 1.82) is 0 Å². The number of hydrogen-bond donors (Lipinski definition) is 0. The predicted octanol–water partition coefficient (Wildman–Crippen LogP) is 1.97.